The summed E-state index contributed by atoms with van der Waals surface area (Å²) in [6, 6.07) is 11.1. The maximum absolute atomic E-state index is 15.9. The molecule has 6 heterocycles. The minimum absolute atomic E-state index is 0.0399. The molecule has 19 heteroatoms. The molecule has 17 nitrogen and oxygen atoms in total. The predicted molar refractivity (Wildman–Crippen MR) is 239 cm³/mol. The Morgan fingerprint density at radius 3 is 2.45 bits per heavy atom. The average molecular weight is 912 g/mol. The van der Waals surface area contributed by atoms with Crippen LogP contribution < -0.4 is 31.1 Å². The highest BCUT2D eigenvalue weighted by Crippen LogP contribution is 2.39. The summed E-state index contributed by atoms with van der Waals surface area (Å²) < 4.78 is 29.7. The van der Waals surface area contributed by atoms with E-state index in [-0.39, 0.29) is 78.6 Å². The van der Waals surface area contributed by atoms with E-state index in [1.54, 1.807) is 35.0 Å². The first-order valence-electron chi connectivity index (χ1n) is 22.2. The van der Waals surface area contributed by atoms with E-state index in [9.17, 15) is 28.8 Å². The van der Waals surface area contributed by atoms with Crippen molar-refractivity contribution in [1.29, 1.82) is 0 Å². The number of amides is 5. The number of aromatic nitrogens is 3. The van der Waals surface area contributed by atoms with Gasteiger partial charge in [0.05, 0.1) is 35.0 Å². The van der Waals surface area contributed by atoms with Gasteiger partial charge in [0.1, 0.15) is 17.2 Å². The molecular formula is C46H51ClFN9O8. The number of alkyl halides is 1. The van der Waals surface area contributed by atoms with Crippen LogP contribution in [0.2, 0.25) is 5.02 Å². The van der Waals surface area contributed by atoms with Gasteiger partial charge < -0.3 is 29.6 Å². The predicted octanol–water partition coefficient (Wildman–Crippen LogP) is 4.64. The summed E-state index contributed by atoms with van der Waals surface area (Å²) in [5.74, 6) is -2.00. The van der Waals surface area contributed by atoms with Crippen molar-refractivity contribution >= 4 is 69.5 Å². The van der Waals surface area contributed by atoms with Crippen molar-refractivity contribution in [3.8, 4) is 5.75 Å². The van der Waals surface area contributed by atoms with Gasteiger partial charge in [-0.05, 0) is 101 Å². The van der Waals surface area contributed by atoms with Gasteiger partial charge in [0.25, 0.3) is 23.3 Å². The van der Waals surface area contributed by atoms with Gasteiger partial charge in [-0.15, -0.1) is 0 Å². The van der Waals surface area contributed by atoms with E-state index < -0.39 is 41.8 Å². The fourth-order valence-corrected chi connectivity index (χ4v) is 9.87. The second kappa shape index (κ2) is 18.1. The van der Waals surface area contributed by atoms with E-state index in [2.05, 4.69) is 30.7 Å². The van der Waals surface area contributed by atoms with Crippen LogP contribution in [0.3, 0.4) is 0 Å². The monoisotopic (exact) mass is 911 g/mol. The first-order chi connectivity index (χ1) is 31.3. The quantitative estimate of drug-likeness (QED) is 0.167. The van der Waals surface area contributed by atoms with Gasteiger partial charge >= 0.3 is 0 Å². The number of hydrogen-bond donors (Lipinski definition) is 3. The molecule has 5 aliphatic rings. The van der Waals surface area contributed by atoms with Crippen molar-refractivity contribution in [3.63, 3.8) is 0 Å². The smallest absolute Gasteiger partial charge is 0.293 e. The third-order valence-corrected chi connectivity index (χ3v) is 13.6. The molecule has 4 aliphatic heterocycles. The highest BCUT2D eigenvalue weighted by atomic mass is 35.5. The van der Waals surface area contributed by atoms with Crippen LogP contribution in [-0.2, 0) is 19.1 Å². The normalized spacial score (nSPS) is 24.0. The topological polar surface area (TPSA) is 197 Å². The van der Waals surface area contributed by atoms with Gasteiger partial charge in [-0.25, -0.2) is 9.37 Å². The Hall–Kier alpha value is -5.98. The Bertz CT molecular complexity index is 2630. The van der Waals surface area contributed by atoms with Crippen molar-refractivity contribution in [2.45, 2.75) is 101 Å². The van der Waals surface area contributed by atoms with Crippen LogP contribution in [0, 0.1) is 0 Å². The first kappa shape index (κ1) is 44.2. The minimum Gasteiger partial charge on any atom is -0.478 e. The van der Waals surface area contributed by atoms with E-state index in [1.165, 1.54) is 7.05 Å². The first-order valence-corrected chi connectivity index (χ1v) is 22.6. The third-order valence-electron chi connectivity index (χ3n) is 13.3. The molecule has 9 rings (SSSR count). The molecule has 3 N–H and O–H groups in total. The highest BCUT2D eigenvalue weighted by molar-refractivity contribution is 6.33. The molecular weight excluding hydrogens is 861 g/mol. The van der Waals surface area contributed by atoms with Crippen LogP contribution in [-0.4, -0.2) is 124 Å². The third kappa shape index (κ3) is 8.78. The van der Waals surface area contributed by atoms with Gasteiger partial charge in [0, 0.05) is 62.2 Å². The van der Waals surface area contributed by atoms with E-state index in [4.69, 9.17) is 26.1 Å². The Morgan fingerprint density at radius 2 is 1.72 bits per heavy atom. The molecule has 0 bridgehead atoms. The van der Waals surface area contributed by atoms with Crippen LogP contribution in [0.4, 0.5) is 21.8 Å². The molecule has 5 amide bonds. The molecule has 3 atom stereocenters. The van der Waals surface area contributed by atoms with Gasteiger partial charge in [-0.3, -0.25) is 43.9 Å². The molecule has 342 valence electrons. The van der Waals surface area contributed by atoms with Crippen molar-refractivity contribution in [3.05, 3.63) is 80.7 Å². The second-order valence-corrected chi connectivity index (χ2v) is 18.1. The summed E-state index contributed by atoms with van der Waals surface area (Å²) >= 11 is 6.58. The molecule has 3 saturated heterocycles. The summed E-state index contributed by atoms with van der Waals surface area (Å²) in [6.07, 6.45) is 4.50. The lowest BCUT2D eigenvalue weighted by Gasteiger charge is -2.47. The minimum atomic E-state index is -1.16. The lowest BCUT2D eigenvalue weighted by atomic mass is 9.82. The zero-order valence-corrected chi connectivity index (χ0v) is 37.1. The SMILES string of the molecule is CNC(=O)COc1cc2cc(Nc3nc(N4CCC(OC5CC(N6CC[C@@H](c7ccc8c(c7)C(=O)N([C@@H]7CCC(=O)NC7=O)C8=O)[C@@H](F)C6)C5)CC4)ncc3Cl)ccc2n(C(C)C)c1=O. The molecule has 0 radical (unpaired) electrons. The van der Waals surface area contributed by atoms with Gasteiger partial charge in [-0.1, -0.05) is 17.7 Å². The van der Waals surface area contributed by atoms with Crippen LogP contribution in [0.15, 0.2) is 53.5 Å². The maximum Gasteiger partial charge on any atom is 0.293 e. The molecule has 0 unspecified atom stereocenters. The van der Waals surface area contributed by atoms with Gasteiger partial charge in [-0.2, -0.15) is 4.98 Å². The molecule has 1 saturated carbocycles. The van der Waals surface area contributed by atoms with Gasteiger partial charge in [0.2, 0.25) is 17.8 Å². The van der Waals surface area contributed by atoms with E-state index in [0.29, 0.717) is 59.6 Å². The number of halogens is 2. The van der Waals surface area contributed by atoms with Crippen LogP contribution >= 0.6 is 11.6 Å². The molecule has 1 aliphatic carbocycles. The second-order valence-electron chi connectivity index (χ2n) is 17.7. The number of nitrogens with zero attached hydrogens (tertiary/aromatic N) is 6. The van der Waals surface area contributed by atoms with Crippen molar-refractivity contribution in [1.82, 2.24) is 35.0 Å². The largest absolute Gasteiger partial charge is 0.478 e. The summed E-state index contributed by atoms with van der Waals surface area (Å²) in [5.41, 5.74) is 2.09. The van der Waals surface area contributed by atoms with E-state index >= 15 is 4.39 Å². The number of fused-ring (bicyclic) bond motifs is 2. The number of pyridine rings is 1. The molecule has 4 aromatic rings. The van der Waals surface area contributed by atoms with Crippen molar-refractivity contribution < 1.29 is 37.8 Å². The van der Waals surface area contributed by atoms with Crippen LogP contribution in [0.5, 0.6) is 5.75 Å². The summed E-state index contributed by atoms with van der Waals surface area (Å²) in [7, 11) is 1.50. The Kier molecular flexibility index (Phi) is 12.3. The molecule has 2 aromatic carbocycles. The zero-order chi connectivity index (χ0) is 45.7. The van der Waals surface area contributed by atoms with Gasteiger partial charge in [0.15, 0.2) is 18.2 Å². The zero-order valence-electron chi connectivity index (χ0n) is 36.4. The Balaban J connectivity index is 0.755. The maximum atomic E-state index is 15.9. The summed E-state index contributed by atoms with van der Waals surface area (Å²) in [6.45, 7) is 5.88. The molecule has 0 spiro atoms. The number of likely N-dealkylation sites (tertiary alicyclic amines) is 1. The number of likely N-dealkylation sites (N-methyl/N-ethyl adjacent to an activating group) is 1. The van der Waals surface area contributed by atoms with Crippen LogP contribution in [0.25, 0.3) is 10.9 Å². The molecule has 2 aromatic heterocycles. The Labute approximate surface area is 379 Å². The number of benzene rings is 2. The fourth-order valence-electron chi connectivity index (χ4n) is 9.73. The summed E-state index contributed by atoms with van der Waals surface area (Å²) in [5, 5.41) is 9.08. The number of carbonyl (C=O) groups excluding carboxylic acids is 5. The molecule has 4 fully saturated rings. The number of rotatable bonds is 12. The standard InChI is InChI=1S/C46H51ClFN9O8/c1-24(2)56-36-7-5-27(16-26(36)18-38(45(56)63)64-23-40(59)49-3)51-41-34(47)21-50-46(53-41)54-13-10-29(11-14-54)65-30-19-28(20-30)55-15-12-31(35(48)22-55)25-4-6-32-33(17-25)44(62)57(43(32)61)37-8-9-39(58)52-42(37)60/h4-7,16-18,21,24,28-31,35,37H,8-15,19-20,22-23H2,1-3H3,(H,49,59)(H,50,51,53)(H,52,58,60)/t28?,30?,31-,35-,37+/m0/s1. The number of carbonyl (C=O) groups is 5. The van der Waals surface area contributed by atoms with E-state index in [0.717, 1.165) is 36.0 Å². The Morgan fingerprint density at radius 1 is 0.954 bits per heavy atom. The number of imide groups is 2. The van der Waals surface area contributed by atoms with Crippen molar-refractivity contribution in [2.75, 3.05) is 50.1 Å². The lowest BCUT2D eigenvalue weighted by molar-refractivity contribution is -0.136. The fraction of sp³-hybridized carbons (Fsp3) is 0.478. The summed E-state index contributed by atoms with van der Waals surface area (Å²) in [4.78, 5) is 90.2. The average Bonchev–Trinajstić information content (AvgIpc) is 3.52. The number of anilines is 3. The van der Waals surface area contributed by atoms with Crippen LogP contribution in [0.1, 0.15) is 97.0 Å². The number of nitrogens with one attached hydrogen (secondary N) is 3. The highest BCUT2D eigenvalue weighted by Gasteiger charge is 2.46. The number of piperidine rings is 3. The molecule has 65 heavy (non-hydrogen) atoms. The lowest BCUT2D eigenvalue weighted by Crippen LogP contribution is -2.54. The van der Waals surface area contributed by atoms with E-state index in [1.807, 2.05) is 32.0 Å². The number of hydrogen-bond acceptors (Lipinski definition) is 13. The van der Waals surface area contributed by atoms with Crippen molar-refractivity contribution in [2.24, 2.45) is 0 Å². The number of ether oxygens (including phenoxy) is 2.